The molecule has 0 saturated heterocycles. The summed E-state index contributed by atoms with van der Waals surface area (Å²) in [5.74, 6) is 0.731. The zero-order valence-electron chi connectivity index (χ0n) is 15.5. The van der Waals surface area contributed by atoms with Crippen molar-refractivity contribution >= 4 is 21.8 Å². The van der Waals surface area contributed by atoms with Gasteiger partial charge < -0.3 is 19.0 Å². The number of carbonyl (C=O) groups is 1. The predicted octanol–water partition coefficient (Wildman–Crippen LogP) is 3.35. The molecule has 0 radical (unpaired) electrons. The molecule has 2 aromatic carbocycles. The SMILES string of the molecule is CCOc1cccc(NCc2ccc(OS(C)(=O)=O)cc2)c1OC(=O)CC. The average Bonchev–Trinajstić information content (AvgIpc) is 2.62. The Hall–Kier alpha value is -2.74. The number of ether oxygens (including phenoxy) is 2. The standard InChI is InChI=1S/C19H23NO6S/c1-4-18(21)25-19-16(7-6-8-17(19)24-5-2)20-13-14-9-11-15(12-10-14)26-27(3,22)23/h6-12,20H,4-5,13H2,1-3H3. The zero-order chi connectivity index (χ0) is 19.9. The van der Waals surface area contributed by atoms with Crippen molar-refractivity contribution in [2.45, 2.75) is 26.8 Å². The van der Waals surface area contributed by atoms with E-state index in [1.165, 1.54) is 0 Å². The molecule has 2 rings (SSSR count). The van der Waals surface area contributed by atoms with Crippen LogP contribution >= 0.6 is 0 Å². The van der Waals surface area contributed by atoms with Gasteiger partial charge in [-0.15, -0.1) is 0 Å². The van der Waals surface area contributed by atoms with E-state index in [9.17, 15) is 13.2 Å². The van der Waals surface area contributed by atoms with Gasteiger partial charge in [0.15, 0.2) is 11.5 Å². The van der Waals surface area contributed by atoms with Crippen molar-refractivity contribution < 1.29 is 26.9 Å². The second kappa shape index (κ2) is 9.27. The number of anilines is 1. The number of esters is 1. The molecule has 2 aromatic rings. The predicted molar refractivity (Wildman–Crippen MR) is 103 cm³/mol. The molecule has 0 bridgehead atoms. The maximum absolute atomic E-state index is 11.7. The van der Waals surface area contributed by atoms with Crippen LogP contribution in [0.15, 0.2) is 42.5 Å². The maximum Gasteiger partial charge on any atom is 0.311 e. The highest BCUT2D eigenvalue weighted by Gasteiger charge is 2.14. The summed E-state index contributed by atoms with van der Waals surface area (Å²) in [7, 11) is -3.55. The average molecular weight is 393 g/mol. The van der Waals surface area contributed by atoms with Gasteiger partial charge in [-0.05, 0) is 36.8 Å². The summed E-state index contributed by atoms with van der Waals surface area (Å²) in [6, 6.07) is 12.0. The first kappa shape index (κ1) is 20.6. The minimum atomic E-state index is -3.55. The Balaban J connectivity index is 2.14. The van der Waals surface area contributed by atoms with E-state index in [-0.39, 0.29) is 18.1 Å². The highest BCUT2D eigenvalue weighted by molar-refractivity contribution is 7.86. The molecule has 0 saturated carbocycles. The molecule has 0 aliphatic heterocycles. The van der Waals surface area contributed by atoms with Gasteiger partial charge in [-0.3, -0.25) is 4.79 Å². The monoisotopic (exact) mass is 393 g/mol. The van der Waals surface area contributed by atoms with Crippen LogP contribution in [0.25, 0.3) is 0 Å². The minimum Gasteiger partial charge on any atom is -0.490 e. The van der Waals surface area contributed by atoms with E-state index in [4.69, 9.17) is 13.7 Å². The van der Waals surface area contributed by atoms with Crippen LogP contribution in [-0.4, -0.2) is 27.2 Å². The molecule has 146 valence electrons. The molecule has 0 heterocycles. The summed E-state index contributed by atoms with van der Waals surface area (Å²) >= 11 is 0. The number of benzene rings is 2. The number of hydrogen-bond donors (Lipinski definition) is 1. The van der Waals surface area contributed by atoms with Crippen molar-refractivity contribution in [3.8, 4) is 17.2 Å². The minimum absolute atomic E-state index is 0.247. The summed E-state index contributed by atoms with van der Waals surface area (Å²) in [5.41, 5.74) is 1.52. The van der Waals surface area contributed by atoms with Crippen LogP contribution in [0.1, 0.15) is 25.8 Å². The van der Waals surface area contributed by atoms with Gasteiger partial charge in [-0.2, -0.15) is 8.42 Å². The Labute approximate surface area is 159 Å². The van der Waals surface area contributed by atoms with Crippen LogP contribution in [0.4, 0.5) is 5.69 Å². The maximum atomic E-state index is 11.7. The summed E-state index contributed by atoms with van der Waals surface area (Å²) in [4.78, 5) is 11.7. The van der Waals surface area contributed by atoms with Crippen LogP contribution in [0.2, 0.25) is 0 Å². The molecule has 7 nitrogen and oxygen atoms in total. The third-order valence-corrected chi connectivity index (χ3v) is 3.93. The highest BCUT2D eigenvalue weighted by atomic mass is 32.2. The van der Waals surface area contributed by atoms with Crippen LogP contribution in [0.5, 0.6) is 17.2 Å². The van der Waals surface area contributed by atoms with E-state index in [1.54, 1.807) is 49.4 Å². The van der Waals surface area contributed by atoms with Gasteiger partial charge in [0.25, 0.3) is 0 Å². The molecule has 8 heteroatoms. The Bertz CT molecular complexity index is 878. The Kier molecular flexibility index (Phi) is 7.06. The fourth-order valence-corrected chi connectivity index (χ4v) is 2.71. The van der Waals surface area contributed by atoms with E-state index < -0.39 is 10.1 Å². The van der Waals surface area contributed by atoms with Crippen molar-refractivity contribution in [3.63, 3.8) is 0 Å². The van der Waals surface area contributed by atoms with Crippen molar-refractivity contribution in [2.75, 3.05) is 18.2 Å². The fraction of sp³-hybridized carbons (Fsp3) is 0.316. The summed E-state index contributed by atoms with van der Waals surface area (Å²) in [5, 5.41) is 3.21. The number of para-hydroxylation sites is 1. The molecular formula is C19H23NO6S. The second-order valence-corrected chi connectivity index (χ2v) is 7.25. The Morgan fingerprint density at radius 1 is 1.07 bits per heavy atom. The van der Waals surface area contributed by atoms with E-state index in [0.29, 0.717) is 30.3 Å². The van der Waals surface area contributed by atoms with E-state index in [1.807, 2.05) is 6.92 Å². The molecule has 0 aromatic heterocycles. The quantitative estimate of drug-likeness (QED) is 0.397. The lowest BCUT2D eigenvalue weighted by Gasteiger charge is -2.16. The van der Waals surface area contributed by atoms with Crippen LogP contribution in [0, 0.1) is 0 Å². The first-order valence-electron chi connectivity index (χ1n) is 8.51. The molecule has 0 fully saturated rings. The molecule has 0 amide bonds. The Morgan fingerprint density at radius 2 is 1.78 bits per heavy atom. The van der Waals surface area contributed by atoms with Gasteiger partial charge in [-0.25, -0.2) is 0 Å². The Morgan fingerprint density at radius 3 is 2.37 bits per heavy atom. The fourth-order valence-electron chi connectivity index (χ4n) is 2.25. The van der Waals surface area contributed by atoms with Crippen LogP contribution in [0.3, 0.4) is 0 Å². The summed E-state index contributed by atoms with van der Waals surface area (Å²) in [6.07, 6.45) is 1.24. The largest absolute Gasteiger partial charge is 0.490 e. The number of hydrogen-bond acceptors (Lipinski definition) is 7. The highest BCUT2D eigenvalue weighted by Crippen LogP contribution is 2.36. The summed E-state index contributed by atoms with van der Waals surface area (Å²) < 4.78 is 38.1. The summed E-state index contributed by atoms with van der Waals surface area (Å²) in [6.45, 7) is 4.46. The first-order valence-corrected chi connectivity index (χ1v) is 10.3. The molecule has 0 aliphatic rings. The van der Waals surface area contributed by atoms with E-state index in [2.05, 4.69) is 5.32 Å². The molecule has 27 heavy (non-hydrogen) atoms. The molecular weight excluding hydrogens is 370 g/mol. The van der Waals surface area contributed by atoms with Crippen molar-refractivity contribution in [1.82, 2.24) is 0 Å². The third-order valence-electron chi connectivity index (χ3n) is 3.44. The van der Waals surface area contributed by atoms with Gasteiger partial charge in [0.05, 0.1) is 18.6 Å². The van der Waals surface area contributed by atoms with Gasteiger partial charge in [0.1, 0.15) is 5.75 Å². The van der Waals surface area contributed by atoms with Gasteiger partial charge in [0.2, 0.25) is 0 Å². The van der Waals surface area contributed by atoms with Crippen molar-refractivity contribution in [2.24, 2.45) is 0 Å². The molecule has 0 aliphatic carbocycles. The lowest BCUT2D eigenvalue weighted by molar-refractivity contribution is -0.134. The van der Waals surface area contributed by atoms with E-state index in [0.717, 1.165) is 11.8 Å². The van der Waals surface area contributed by atoms with Gasteiger partial charge >= 0.3 is 16.1 Å². The molecule has 0 unspecified atom stereocenters. The number of rotatable bonds is 9. The second-order valence-electron chi connectivity index (χ2n) is 5.68. The number of nitrogens with one attached hydrogen (secondary N) is 1. The van der Waals surface area contributed by atoms with Crippen LogP contribution in [-0.2, 0) is 21.5 Å². The molecule has 0 spiro atoms. The zero-order valence-corrected chi connectivity index (χ0v) is 16.3. The van der Waals surface area contributed by atoms with Crippen LogP contribution < -0.4 is 19.0 Å². The first-order chi connectivity index (χ1) is 12.8. The molecule has 0 atom stereocenters. The van der Waals surface area contributed by atoms with Crippen molar-refractivity contribution in [3.05, 3.63) is 48.0 Å². The number of carbonyl (C=O) groups excluding carboxylic acids is 1. The smallest absolute Gasteiger partial charge is 0.311 e. The molecule has 1 N–H and O–H groups in total. The van der Waals surface area contributed by atoms with E-state index >= 15 is 0 Å². The normalized spacial score (nSPS) is 10.9. The third kappa shape index (κ3) is 6.49. The lowest BCUT2D eigenvalue weighted by atomic mass is 10.2. The van der Waals surface area contributed by atoms with Gasteiger partial charge in [0, 0.05) is 13.0 Å². The van der Waals surface area contributed by atoms with Crippen molar-refractivity contribution in [1.29, 1.82) is 0 Å². The topological polar surface area (TPSA) is 90.9 Å². The van der Waals surface area contributed by atoms with Gasteiger partial charge in [-0.1, -0.05) is 25.1 Å². The lowest BCUT2D eigenvalue weighted by Crippen LogP contribution is -2.10.